The van der Waals surface area contributed by atoms with Gasteiger partial charge in [-0.1, -0.05) is 56.7 Å². The van der Waals surface area contributed by atoms with Crippen LogP contribution in [0.3, 0.4) is 0 Å². The molecule has 0 saturated heterocycles. The number of nitrogens with two attached hydrogens (primary N) is 1. The smallest absolute Gasteiger partial charge is 0.237 e. The van der Waals surface area contributed by atoms with Crippen LogP contribution in [0, 0.1) is 0 Å². The van der Waals surface area contributed by atoms with E-state index in [0.29, 0.717) is 34.4 Å². The summed E-state index contributed by atoms with van der Waals surface area (Å²) in [6, 6.07) is 8.02. The molecule has 2 heterocycles. The molecule has 0 spiro atoms. The van der Waals surface area contributed by atoms with Gasteiger partial charge in [0.15, 0.2) is 11.6 Å². The Balaban J connectivity index is 1.56. The second-order valence-electron chi connectivity index (χ2n) is 6.77. The largest absolute Gasteiger partial charge is 0.486 e. The number of aromatic nitrogens is 5. The predicted octanol–water partition coefficient (Wildman–Crippen LogP) is 3.49. The summed E-state index contributed by atoms with van der Waals surface area (Å²) in [4.78, 5) is 4.34. The van der Waals surface area contributed by atoms with Gasteiger partial charge in [0.2, 0.25) is 11.0 Å². The molecule has 0 amide bonds. The highest BCUT2D eigenvalue weighted by atomic mass is 32.2. The van der Waals surface area contributed by atoms with Crippen LogP contribution in [0.15, 0.2) is 33.9 Å². The Morgan fingerprint density at radius 1 is 1.11 bits per heavy atom. The lowest BCUT2D eigenvalue weighted by atomic mass is 10.0. The molecule has 9 heteroatoms. The van der Waals surface area contributed by atoms with Crippen molar-refractivity contribution in [2.24, 2.45) is 0 Å². The third kappa shape index (κ3) is 4.79. The first kappa shape index (κ1) is 19.2. The lowest BCUT2D eigenvalue weighted by molar-refractivity contribution is 0.291. The molecule has 144 valence electrons. The van der Waals surface area contributed by atoms with Gasteiger partial charge in [-0.25, -0.2) is 4.68 Å². The maximum Gasteiger partial charge on any atom is 0.237 e. The average molecular weight is 388 g/mol. The van der Waals surface area contributed by atoms with Crippen LogP contribution in [0.2, 0.25) is 0 Å². The molecule has 3 aromatic rings. The Morgan fingerprint density at radius 3 is 2.48 bits per heavy atom. The summed E-state index contributed by atoms with van der Waals surface area (Å²) < 4.78 is 12.4. The van der Waals surface area contributed by atoms with Crippen LogP contribution >= 0.6 is 11.8 Å². The van der Waals surface area contributed by atoms with Crippen molar-refractivity contribution in [3.63, 3.8) is 0 Å². The van der Waals surface area contributed by atoms with Gasteiger partial charge in [0.05, 0.1) is 5.75 Å². The van der Waals surface area contributed by atoms with Gasteiger partial charge in [0.25, 0.3) is 0 Å². The van der Waals surface area contributed by atoms with E-state index in [1.807, 2.05) is 26.0 Å². The minimum atomic E-state index is 0.226. The molecule has 1 aromatic carbocycles. The summed E-state index contributed by atoms with van der Waals surface area (Å²) >= 11 is 1.39. The molecule has 0 unspecified atom stereocenters. The monoisotopic (exact) mass is 388 g/mol. The zero-order valence-corrected chi connectivity index (χ0v) is 16.7. The highest BCUT2D eigenvalue weighted by molar-refractivity contribution is 7.98. The predicted molar refractivity (Wildman–Crippen MR) is 103 cm³/mol. The Morgan fingerprint density at radius 2 is 1.85 bits per heavy atom. The average Bonchev–Trinajstić information content (AvgIpc) is 3.26. The topological polar surface area (TPSA) is 105 Å². The standard InChI is InChI=1S/C18H24N6O2S/c1-11(2)13-5-7-14(8-6-13)25-9-15-21-22-18(24(15)19)27-10-16-20-17(12(3)4)23-26-16/h5-8,11-12H,9-10,19H2,1-4H3. The molecule has 2 N–H and O–H groups in total. The molecule has 27 heavy (non-hydrogen) atoms. The third-order valence-corrected chi connectivity index (χ3v) is 4.90. The fourth-order valence-corrected chi connectivity index (χ4v) is 3.00. The number of nitrogens with zero attached hydrogens (tertiary/aromatic N) is 5. The van der Waals surface area contributed by atoms with Crippen LogP contribution in [-0.2, 0) is 12.4 Å². The molecule has 0 atom stereocenters. The molecular weight excluding hydrogens is 364 g/mol. The van der Waals surface area contributed by atoms with E-state index < -0.39 is 0 Å². The summed E-state index contributed by atoms with van der Waals surface area (Å²) in [5.41, 5.74) is 1.27. The van der Waals surface area contributed by atoms with E-state index in [1.54, 1.807) is 0 Å². The number of hydrogen-bond donors (Lipinski definition) is 1. The molecule has 0 fully saturated rings. The molecule has 8 nitrogen and oxygen atoms in total. The number of ether oxygens (including phenoxy) is 1. The molecule has 0 aliphatic rings. The van der Waals surface area contributed by atoms with Crippen LogP contribution in [0.5, 0.6) is 5.75 Å². The van der Waals surface area contributed by atoms with E-state index in [4.69, 9.17) is 15.1 Å². The molecule has 0 bridgehead atoms. The SMILES string of the molecule is CC(C)c1ccc(OCc2nnc(SCc3nc(C(C)C)no3)n2N)cc1. The van der Waals surface area contributed by atoms with Crippen molar-refractivity contribution in [2.75, 3.05) is 5.84 Å². The Bertz CT molecular complexity index is 872. The maximum atomic E-state index is 6.07. The molecule has 0 aliphatic heterocycles. The van der Waals surface area contributed by atoms with Gasteiger partial charge in [0, 0.05) is 5.92 Å². The molecular formula is C18H24N6O2S. The van der Waals surface area contributed by atoms with Crippen molar-refractivity contribution in [3.8, 4) is 5.75 Å². The van der Waals surface area contributed by atoms with Gasteiger partial charge in [0.1, 0.15) is 12.4 Å². The van der Waals surface area contributed by atoms with E-state index in [9.17, 15) is 0 Å². The van der Waals surface area contributed by atoms with E-state index in [2.05, 4.69) is 46.3 Å². The van der Waals surface area contributed by atoms with Crippen LogP contribution in [0.4, 0.5) is 0 Å². The minimum Gasteiger partial charge on any atom is -0.486 e. The lowest BCUT2D eigenvalue weighted by Gasteiger charge is -2.08. The first-order valence-corrected chi connectivity index (χ1v) is 9.80. The Kier molecular flexibility index (Phi) is 6.00. The van der Waals surface area contributed by atoms with E-state index in [-0.39, 0.29) is 12.5 Å². The second-order valence-corrected chi connectivity index (χ2v) is 7.71. The number of hydrogen-bond acceptors (Lipinski definition) is 8. The minimum absolute atomic E-state index is 0.226. The Labute approximate surface area is 162 Å². The second kappa shape index (κ2) is 8.43. The number of benzene rings is 1. The summed E-state index contributed by atoms with van der Waals surface area (Å²) in [6.45, 7) is 8.58. The molecule has 3 rings (SSSR count). The zero-order chi connectivity index (χ0) is 19.4. The van der Waals surface area contributed by atoms with Crippen molar-refractivity contribution in [3.05, 3.63) is 47.4 Å². The molecule has 0 aliphatic carbocycles. The van der Waals surface area contributed by atoms with Gasteiger partial charge in [-0.05, 0) is 23.6 Å². The summed E-state index contributed by atoms with van der Waals surface area (Å²) in [7, 11) is 0. The first-order valence-electron chi connectivity index (χ1n) is 8.81. The van der Waals surface area contributed by atoms with Gasteiger partial charge < -0.3 is 15.1 Å². The van der Waals surface area contributed by atoms with Gasteiger partial charge in [-0.15, -0.1) is 10.2 Å². The fourth-order valence-electron chi connectivity index (χ4n) is 2.29. The summed E-state index contributed by atoms with van der Waals surface area (Å²) in [6.07, 6.45) is 0. The van der Waals surface area contributed by atoms with Crippen LogP contribution in [0.25, 0.3) is 0 Å². The van der Waals surface area contributed by atoms with Gasteiger partial charge in [-0.3, -0.25) is 0 Å². The third-order valence-electron chi connectivity index (χ3n) is 3.97. The summed E-state index contributed by atoms with van der Waals surface area (Å²) in [5.74, 6) is 9.80. The molecule has 0 radical (unpaired) electrons. The first-order chi connectivity index (χ1) is 12.9. The molecule has 0 saturated carbocycles. The Hall–Kier alpha value is -2.55. The highest BCUT2D eigenvalue weighted by Crippen LogP contribution is 2.22. The van der Waals surface area contributed by atoms with Crippen LogP contribution in [-0.4, -0.2) is 25.0 Å². The lowest BCUT2D eigenvalue weighted by Crippen LogP contribution is -2.15. The van der Waals surface area contributed by atoms with Crippen LogP contribution in [0.1, 0.15) is 62.6 Å². The van der Waals surface area contributed by atoms with Crippen molar-refractivity contribution in [1.82, 2.24) is 25.0 Å². The normalized spacial score (nSPS) is 11.5. The van der Waals surface area contributed by atoms with Crippen LogP contribution < -0.4 is 10.6 Å². The van der Waals surface area contributed by atoms with Crippen molar-refractivity contribution < 1.29 is 9.26 Å². The fraction of sp³-hybridized carbons (Fsp3) is 0.444. The number of thioether (sulfide) groups is 1. The van der Waals surface area contributed by atoms with E-state index in [0.717, 1.165) is 5.75 Å². The highest BCUT2D eigenvalue weighted by Gasteiger charge is 2.14. The molecule has 2 aromatic heterocycles. The zero-order valence-electron chi connectivity index (χ0n) is 15.9. The van der Waals surface area contributed by atoms with E-state index in [1.165, 1.54) is 22.0 Å². The van der Waals surface area contributed by atoms with E-state index >= 15 is 0 Å². The van der Waals surface area contributed by atoms with Gasteiger partial charge in [-0.2, -0.15) is 4.98 Å². The number of rotatable bonds is 8. The van der Waals surface area contributed by atoms with Gasteiger partial charge >= 0.3 is 0 Å². The van der Waals surface area contributed by atoms with Crippen molar-refractivity contribution in [1.29, 1.82) is 0 Å². The van der Waals surface area contributed by atoms with Crippen molar-refractivity contribution in [2.45, 2.75) is 57.0 Å². The summed E-state index contributed by atoms with van der Waals surface area (Å²) in [5, 5.41) is 12.7. The maximum absolute atomic E-state index is 6.07. The van der Waals surface area contributed by atoms with Crippen molar-refractivity contribution >= 4 is 11.8 Å². The number of nitrogen functional groups attached to an aromatic ring is 1. The quantitative estimate of drug-likeness (QED) is 0.462.